The van der Waals surface area contributed by atoms with Gasteiger partial charge in [-0.3, -0.25) is 0 Å². The zero-order valence-electron chi connectivity index (χ0n) is 6.64. The summed E-state index contributed by atoms with van der Waals surface area (Å²) < 4.78 is 0. The Labute approximate surface area is 56.9 Å². The maximum absolute atomic E-state index is 10.3. The van der Waals surface area contributed by atoms with Crippen LogP contribution < -0.4 is 0 Å². The molecule has 0 saturated heterocycles. The van der Waals surface area contributed by atoms with Gasteiger partial charge in [0, 0.05) is 13.5 Å². The average molecular weight is 132 g/mol. The molecule has 0 spiro atoms. The van der Waals surface area contributed by atoms with E-state index >= 15 is 0 Å². The van der Waals surface area contributed by atoms with Crippen LogP contribution in [0.1, 0.15) is 27.2 Å². The van der Waals surface area contributed by atoms with E-state index in [2.05, 4.69) is 0 Å². The predicted molar refractivity (Wildman–Crippen MR) is 38.3 cm³/mol. The third-order valence-corrected chi connectivity index (χ3v) is 0.696. The first kappa shape index (κ1) is 11.4. The van der Waals surface area contributed by atoms with E-state index in [1.165, 1.54) is 0 Å². The number of carbonyl (C=O) groups is 1. The molecule has 2 heteroatoms. The van der Waals surface area contributed by atoms with Crippen molar-refractivity contribution >= 4 is 5.78 Å². The zero-order valence-corrected chi connectivity index (χ0v) is 6.64. The summed E-state index contributed by atoms with van der Waals surface area (Å²) in [5.74, 6) is 0.813. The van der Waals surface area contributed by atoms with E-state index in [1.54, 1.807) is 6.92 Å². The van der Waals surface area contributed by atoms with Crippen molar-refractivity contribution in [2.24, 2.45) is 5.92 Å². The van der Waals surface area contributed by atoms with Gasteiger partial charge in [-0.05, 0) is 12.8 Å². The third kappa shape index (κ3) is 18.4. The number of Topliss-reactive ketones (excluding diaryl/α,β-unsaturated/α-hetero) is 1. The van der Waals surface area contributed by atoms with Gasteiger partial charge < -0.3 is 9.90 Å². The van der Waals surface area contributed by atoms with Crippen LogP contribution in [-0.2, 0) is 4.79 Å². The smallest absolute Gasteiger partial charge is 0.130 e. The van der Waals surface area contributed by atoms with Crippen molar-refractivity contribution in [3.63, 3.8) is 0 Å². The minimum atomic E-state index is 0.287. The van der Waals surface area contributed by atoms with Crippen LogP contribution in [0.5, 0.6) is 0 Å². The maximum atomic E-state index is 10.3. The van der Waals surface area contributed by atoms with Crippen molar-refractivity contribution in [1.82, 2.24) is 0 Å². The molecule has 0 fully saturated rings. The lowest BCUT2D eigenvalue weighted by Crippen LogP contribution is -1.95. The monoisotopic (exact) mass is 132 g/mol. The van der Waals surface area contributed by atoms with Gasteiger partial charge in [-0.1, -0.05) is 13.8 Å². The summed E-state index contributed by atoms with van der Waals surface area (Å²) in [7, 11) is 1.00. The van der Waals surface area contributed by atoms with Gasteiger partial charge in [0.25, 0.3) is 0 Å². The Morgan fingerprint density at radius 3 is 1.78 bits per heavy atom. The van der Waals surface area contributed by atoms with Crippen LogP contribution in [0.4, 0.5) is 0 Å². The molecule has 0 aliphatic carbocycles. The van der Waals surface area contributed by atoms with Crippen molar-refractivity contribution in [3.05, 3.63) is 0 Å². The van der Waals surface area contributed by atoms with E-state index in [4.69, 9.17) is 5.11 Å². The maximum Gasteiger partial charge on any atom is 0.130 e. The molecule has 0 rings (SSSR count). The van der Waals surface area contributed by atoms with E-state index < -0.39 is 0 Å². The first-order valence-corrected chi connectivity index (χ1v) is 3.07. The molecule has 0 aromatic rings. The summed E-state index contributed by atoms with van der Waals surface area (Å²) in [5.41, 5.74) is 0. The highest BCUT2D eigenvalue weighted by molar-refractivity contribution is 5.75. The Balaban J connectivity index is 0. The van der Waals surface area contributed by atoms with Gasteiger partial charge in [-0.2, -0.15) is 0 Å². The standard InChI is InChI=1S/C6H12O.CH4O/c1-5(2)4-6(3)7;1-2/h5H,4H2,1-3H3;2H,1H3. The molecule has 0 saturated carbocycles. The minimum absolute atomic E-state index is 0.287. The van der Waals surface area contributed by atoms with E-state index in [1.807, 2.05) is 13.8 Å². The molecule has 0 atom stereocenters. The normalized spacial score (nSPS) is 8.22. The SMILES string of the molecule is CC(=O)CC(C)C.CO. The molecule has 0 aromatic carbocycles. The van der Waals surface area contributed by atoms with E-state index in [-0.39, 0.29) is 5.78 Å². The van der Waals surface area contributed by atoms with Gasteiger partial charge in [0.15, 0.2) is 0 Å². The molecule has 0 aliphatic heterocycles. The molecular formula is C7H16O2. The zero-order chi connectivity index (χ0) is 7.86. The van der Waals surface area contributed by atoms with Crippen LogP contribution in [0.25, 0.3) is 0 Å². The van der Waals surface area contributed by atoms with Crippen molar-refractivity contribution < 1.29 is 9.90 Å². The van der Waals surface area contributed by atoms with Gasteiger partial charge in [0.1, 0.15) is 5.78 Å². The van der Waals surface area contributed by atoms with Crippen molar-refractivity contribution in [2.45, 2.75) is 27.2 Å². The minimum Gasteiger partial charge on any atom is -0.400 e. The lowest BCUT2D eigenvalue weighted by Gasteiger charge is -1.95. The molecule has 0 heterocycles. The van der Waals surface area contributed by atoms with Crippen molar-refractivity contribution in [2.75, 3.05) is 7.11 Å². The largest absolute Gasteiger partial charge is 0.400 e. The Morgan fingerprint density at radius 1 is 1.44 bits per heavy atom. The van der Waals surface area contributed by atoms with Crippen LogP contribution in [0.2, 0.25) is 0 Å². The summed E-state index contributed by atoms with van der Waals surface area (Å²) in [5, 5.41) is 7.00. The third-order valence-electron chi connectivity index (χ3n) is 0.696. The Kier molecular flexibility index (Phi) is 9.69. The van der Waals surface area contributed by atoms with Crippen molar-refractivity contribution in [3.8, 4) is 0 Å². The van der Waals surface area contributed by atoms with E-state index in [9.17, 15) is 4.79 Å². The summed E-state index contributed by atoms with van der Waals surface area (Å²) in [6.45, 7) is 5.71. The van der Waals surface area contributed by atoms with Gasteiger partial charge in [-0.25, -0.2) is 0 Å². The fraction of sp³-hybridized carbons (Fsp3) is 0.857. The number of hydrogen-bond donors (Lipinski definition) is 1. The number of aliphatic hydroxyl groups excluding tert-OH is 1. The number of ketones is 1. The summed E-state index contributed by atoms with van der Waals surface area (Å²) >= 11 is 0. The van der Waals surface area contributed by atoms with Gasteiger partial charge in [0.2, 0.25) is 0 Å². The average Bonchev–Trinajstić information content (AvgIpc) is 1.68. The first-order chi connectivity index (χ1) is 4.13. The molecule has 56 valence electrons. The number of hydrogen-bond acceptors (Lipinski definition) is 2. The molecule has 0 radical (unpaired) electrons. The molecule has 0 unspecified atom stereocenters. The topological polar surface area (TPSA) is 37.3 Å². The molecule has 1 N–H and O–H groups in total. The van der Waals surface area contributed by atoms with Crippen molar-refractivity contribution in [1.29, 1.82) is 0 Å². The van der Waals surface area contributed by atoms with Crippen LogP contribution in [0.3, 0.4) is 0 Å². The Morgan fingerprint density at radius 2 is 1.78 bits per heavy atom. The quantitative estimate of drug-likeness (QED) is 0.613. The molecule has 0 amide bonds. The second-order valence-corrected chi connectivity index (χ2v) is 2.30. The lowest BCUT2D eigenvalue weighted by atomic mass is 10.1. The predicted octanol–water partition coefficient (Wildman–Crippen LogP) is 1.23. The lowest BCUT2D eigenvalue weighted by molar-refractivity contribution is -0.117. The van der Waals surface area contributed by atoms with Gasteiger partial charge in [-0.15, -0.1) is 0 Å². The fourth-order valence-electron chi connectivity index (χ4n) is 0.575. The molecule has 2 nitrogen and oxygen atoms in total. The highest BCUT2D eigenvalue weighted by Gasteiger charge is 1.95. The van der Waals surface area contributed by atoms with E-state index in [0.717, 1.165) is 13.5 Å². The fourth-order valence-corrected chi connectivity index (χ4v) is 0.575. The second-order valence-electron chi connectivity index (χ2n) is 2.30. The van der Waals surface area contributed by atoms with Gasteiger partial charge >= 0.3 is 0 Å². The highest BCUT2D eigenvalue weighted by Crippen LogP contribution is 1.97. The highest BCUT2D eigenvalue weighted by atomic mass is 16.2. The molecular weight excluding hydrogens is 116 g/mol. The second kappa shape index (κ2) is 7.63. The summed E-state index contributed by atoms with van der Waals surface area (Å²) in [6.07, 6.45) is 0.722. The number of rotatable bonds is 2. The van der Waals surface area contributed by atoms with Crippen LogP contribution in [-0.4, -0.2) is 18.0 Å². The Hall–Kier alpha value is -0.370. The Bertz CT molecular complexity index is 67.3. The van der Waals surface area contributed by atoms with E-state index in [0.29, 0.717) is 5.92 Å². The molecule has 9 heavy (non-hydrogen) atoms. The molecule has 0 aliphatic rings. The summed E-state index contributed by atoms with van der Waals surface area (Å²) in [6, 6.07) is 0. The molecule has 0 bridgehead atoms. The van der Waals surface area contributed by atoms with Crippen LogP contribution >= 0.6 is 0 Å². The van der Waals surface area contributed by atoms with Crippen LogP contribution in [0.15, 0.2) is 0 Å². The first-order valence-electron chi connectivity index (χ1n) is 3.07. The number of aliphatic hydroxyl groups is 1. The van der Waals surface area contributed by atoms with Crippen LogP contribution in [0, 0.1) is 5.92 Å². The van der Waals surface area contributed by atoms with Gasteiger partial charge in [0.05, 0.1) is 0 Å². The number of carbonyl (C=O) groups excluding carboxylic acids is 1. The summed E-state index contributed by atoms with van der Waals surface area (Å²) in [4.78, 5) is 10.3. The molecule has 0 aromatic heterocycles.